The van der Waals surface area contributed by atoms with E-state index in [1.807, 2.05) is 38.7 Å². The van der Waals surface area contributed by atoms with E-state index in [9.17, 15) is 14.4 Å². The zero-order valence-electron chi connectivity index (χ0n) is 22.3. The second-order valence-corrected chi connectivity index (χ2v) is 10.0. The smallest absolute Gasteiger partial charge is 0.410 e. The van der Waals surface area contributed by atoms with Gasteiger partial charge in [-0.25, -0.2) is 4.79 Å². The minimum atomic E-state index is -0.583. The summed E-state index contributed by atoms with van der Waals surface area (Å²) in [5, 5.41) is 4.55. The molecule has 0 spiro atoms. The monoisotopic (exact) mass is 516 g/mol. The molecule has 1 fully saturated rings. The van der Waals surface area contributed by atoms with Crippen LogP contribution >= 0.6 is 0 Å². The lowest BCUT2D eigenvalue weighted by Gasteiger charge is -2.37. The summed E-state index contributed by atoms with van der Waals surface area (Å²) in [5.41, 5.74) is 1.16. The summed E-state index contributed by atoms with van der Waals surface area (Å²) in [6.45, 7) is 12.1. The van der Waals surface area contributed by atoms with Gasteiger partial charge in [0.05, 0.1) is 25.5 Å². The van der Waals surface area contributed by atoms with Gasteiger partial charge in [0.1, 0.15) is 17.8 Å². The summed E-state index contributed by atoms with van der Waals surface area (Å²) in [6.07, 6.45) is 2.67. The standard InChI is InChI=1S/C25H36N6O6/c1-6-18-20(28-10-12-29(13-11-28)24(34)37-25(3,4)5)22(33)31-23(30(18)16-19(32)36-7-2)26-21(27-31)17-8-14-35-15-9-17/h8H,6-7,9-16H2,1-5H3. The highest BCUT2D eigenvalue weighted by Crippen LogP contribution is 2.24. The molecule has 0 unspecified atom stereocenters. The minimum absolute atomic E-state index is 0.0913. The molecule has 37 heavy (non-hydrogen) atoms. The first kappa shape index (κ1) is 26.6. The molecule has 1 saturated heterocycles. The van der Waals surface area contributed by atoms with Crippen LogP contribution < -0.4 is 10.5 Å². The van der Waals surface area contributed by atoms with Gasteiger partial charge in [-0.05, 0) is 46.1 Å². The molecule has 2 aromatic rings. The van der Waals surface area contributed by atoms with Crippen LogP contribution in [0.3, 0.4) is 0 Å². The molecule has 2 aromatic heterocycles. The molecule has 0 radical (unpaired) electrons. The number of rotatable bonds is 6. The average molecular weight is 517 g/mol. The van der Waals surface area contributed by atoms with Crippen LogP contribution in [0.15, 0.2) is 10.9 Å². The van der Waals surface area contributed by atoms with Crippen LogP contribution in [0.5, 0.6) is 0 Å². The predicted octanol–water partition coefficient (Wildman–Crippen LogP) is 1.88. The Kier molecular flexibility index (Phi) is 7.86. The first-order chi connectivity index (χ1) is 17.6. The van der Waals surface area contributed by atoms with Gasteiger partial charge in [-0.1, -0.05) is 13.0 Å². The second-order valence-electron chi connectivity index (χ2n) is 10.0. The zero-order chi connectivity index (χ0) is 26.7. The Morgan fingerprint density at radius 2 is 1.86 bits per heavy atom. The Hall–Kier alpha value is -3.41. The second kappa shape index (κ2) is 10.9. The molecule has 2 aliphatic heterocycles. The molecular formula is C25H36N6O6. The number of nitrogens with zero attached hydrogens (tertiary/aromatic N) is 6. The number of anilines is 1. The summed E-state index contributed by atoms with van der Waals surface area (Å²) >= 11 is 0. The number of carbonyl (C=O) groups is 2. The lowest BCUT2D eigenvalue weighted by molar-refractivity contribution is -0.143. The van der Waals surface area contributed by atoms with E-state index >= 15 is 0 Å². The highest BCUT2D eigenvalue weighted by Gasteiger charge is 2.30. The molecule has 202 valence electrons. The van der Waals surface area contributed by atoms with Crippen LogP contribution in [0.2, 0.25) is 0 Å². The van der Waals surface area contributed by atoms with E-state index in [2.05, 4.69) is 10.1 Å². The average Bonchev–Trinajstić information content (AvgIpc) is 3.31. The van der Waals surface area contributed by atoms with Gasteiger partial charge in [0.2, 0.25) is 5.78 Å². The molecule has 0 atom stereocenters. The fourth-order valence-electron chi connectivity index (χ4n) is 4.57. The van der Waals surface area contributed by atoms with Crippen molar-refractivity contribution in [2.24, 2.45) is 0 Å². The predicted molar refractivity (Wildman–Crippen MR) is 137 cm³/mol. The molecule has 0 bridgehead atoms. The van der Waals surface area contributed by atoms with Gasteiger partial charge in [0.25, 0.3) is 5.56 Å². The van der Waals surface area contributed by atoms with Crippen molar-refractivity contribution in [3.05, 3.63) is 27.9 Å². The Labute approximate surface area is 215 Å². The fraction of sp³-hybridized carbons (Fsp3) is 0.640. The van der Waals surface area contributed by atoms with Crippen molar-refractivity contribution in [2.45, 2.75) is 59.6 Å². The quantitative estimate of drug-likeness (QED) is 0.530. The number of hydrogen-bond acceptors (Lipinski definition) is 9. The Bertz CT molecular complexity index is 1250. The number of carbonyl (C=O) groups excluding carboxylic acids is 2. The van der Waals surface area contributed by atoms with Crippen molar-refractivity contribution in [3.8, 4) is 0 Å². The summed E-state index contributed by atoms with van der Waals surface area (Å²) < 4.78 is 19.1. The molecule has 0 aliphatic carbocycles. The third kappa shape index (κ3) is 5.79. The van der Waals surface area contributed by atoms with Gasteiger partial charge in [-0.3, -0.25) is 9.59 Å². The molecule has 0 aromatic carbocycles. The van der Waals surface area contributed by atoms with Crippen molar-refractivity contribution in [1.82, 2.24) is 24.1 Å². The van der Waals surface area contributed by atoms with E-state index in [1.165, 1.54) is 4.52 Å². The molecule has 12 nitrogen and oxygen atoms in total. The molecule has 0 N–H and O–H groups in total. The lowest BCUT2D eigenvalue weighted by Crippen LogP contribution is -2.51. The fourth-order valence-corrected chi connectivity index (χ4v) is 4.57. The third-order valence-corrected chi connectivity index (χ3v) is 6.25. The number of aromatic nitrogens is 4. The van der Waals surface area contributed by atoms with Crippen LogP contribution in [-0.2, 0) is 32.0 Å². The Morgan fingerprint density at radius 1 is 1.14 bits per heavy atom. The molecule has 0 saturated carbocycles. The van der Waals surface area contributed by atoms with Crippen molar-refractivity contribution in [2.75, 3.05) is 50.9 Å². The summed E-state index contributed by atoms with van der Waals surface area (Å²) in [7, 11) is 0. The first-order valence-corrected chi connectivity index (χ1v) is 12.8. The van der Waals surface area contributed by atoms with Gasteiger partial charge in [-0.15, -0.1) is 5.10 Å². The lowest BCUT2D eigenvalue weighted by atomic mass is 10.1. The largest absolute Gasteiger partial charge is 0.465 e. The molecule has 12 heteroatoms. The maximum atomic E-state index is 13.8. The van der Waals surface area contributed by atoms with Gasteiger partial charge < -0.3 is 28.6 Å². The number of amides is 1. The van der Waals surface area contributed by atoms with Gasteiger partial charge in [-0.2, -0.15) is 9.50 Å². The van der Waals surface area contributed by atoms with Crippen molar-refractivity contribution >= 4 is 29.1 Å². The van der Waals surface area contributed by atoms with Crippen LogP contribution in [0.25, 0.3) is 11.4 Å². The van der Waals surface area contributed by atoms with Gasteiger partial charge >= 0.3 is 12.1 Å². The van der Waals surface area contributed by atoms with Crippen LogP contribution in [-0.4, -0.2) is 87.7 Å². The number of piperazine rings is 1. The maximum Gasteiger partial charge on any atom is 0.410 e. The summed E-state index contributed by atoms with van der Waals surface area (Å²) in [5.74, 6) is 0.332. The number of fused-ring (bicyclic) bond motifs is 1. The maximum absolute atomic E-state index is 13.8. The topological polar surface area (TPSA) is 121 Å². The van der Waals surface area contributed by atoms with E-state index in [-0.39, 0.29) is 24.8 Å². The first-order valence-electron chi connectivity index (χ1n) is 12.8. The van der Waals surface area contributed by atoms with Crippen molar-refractivity contribution in [1.29, 1.82) is 0 Å². The van der Waals surface area contributed by atoms with E-state index < -0.39 is 11.6 Å². The zero-order valence-corrected chi connectivity index (χ0v) is 22.3. The SMILES string of the molecule is CCOC(=O)Cn1c(CC)c(N2CCN(C(=O)OC(C)(C)C)CC2)c(=O)n2nc(C3=CCOCC3)nc12. The summed E-state index contributed by atoms with van der Waals surface area (Å²) in [6, 6.07) is 0. The highest BCUT2D eigenvalue weighted by molar-refractivity contribution is 5.71. The van der Waals surface area contributed by atoms with Crippen molar-refractivity contribution in [3.63, 3.8) is 0 Å². The molecule has 1 amide bonds. The van der Waals surface area contributed by atoms with Crippen LogP contribution in [0.1, 0.15) is 52.6 Å². The van der Waals surface area contributed by atoms with E-state index in [4.69, 9.17) is 14.2 Å². The number of esters is 1. The minimum Gasteiger partial charge on any atom is -0.465 e. The number of hydrogen-bond donors (Lipinski definition) is 0. The molecule has 2 aliphatic rings. The summed E-state index contributed by atoms with van der Waals surface area (Å²) in [4.78, 5) is 47.2. The molecule has 4 rings (SSSR count). The van der Waals surface area contributed by atoms with Crippen molar-refractivity contribution < 1.29 is 23.8 Å². The van der Waals surface area contributed by atoms with E-state index in [1.54, 1.807) is 16.4 Å². The van der Waals surface area contributed by atoms with Crippen LogP contribution in [0.4, 0.5) is 10.5 Å². The normalized spacial score (nSPS) is 16.6. The Morgan fingerprint density at radius 3 is 2.46 bits per heavy atom. The highest BCUT2D eigenvalue weighted by atomic mass is 16.6. The Balaban J connectivity index is 1.74. The number of ether oxygens (including phenoxy) is 3. The van der Waals surface area contributed by atoms with E-state index in [0.717, 1.165) is 5.57 Å². The van der Waals surface area contributed by atoms with Gasteiger partial charge in [0, 0.05) is 26.2 Å². The molecule has 4 heterocycles. The van der Waals surface area contributed by atoms with Gasteiger partial charge in [0.15, 0.2) is 5.82 Å². The molecular weight excluding hydrogens is 480 g/mol. The third-order valence-electron chi connectivity index (χ3n) is 6.25. The van der Waals surface area contributed by atoms with E-state index in [0.29, 0.717) is 75.2 Å². The van der Waals surface area contributed by atoms with Crippen LogP contribution in [0, 0.1) is 0 Å².